The minimum atomic E-state index is -0.614. The number of carbonyl (C=O) groups excluding carboxylic acids is 1. The van der Waals surface area contributed by atoms with E-state index in [9.17, 15) is 13.6 Å². The van der Waals surface area contributed by atoms with E-state index in [0.717, 1.165) is 24.1 Å². The van der Waals surface area contributed by atoms with Gasteiger partial charge in [0.15, 0.2) is 5.16 Å². The zero-order valence-electron chi connectivity index (χ0n) is 12.7. The first-order chi connectivity index (χ1) is 11.0. The van der Waals surface area contributed by atoms with Crippen molar-refractivity contribution >= 4 is 17.7 Å². The molecule has 1 atom stereocenters. The van der Waals surface area contributed by atoms with Gasteiger partial charge in [0.25, 0.3) is 0 Å². The van der Waals surface area contributed by atoms with Gasteiger partial charge in [-0.15, -0.1) is 0 Å². The molecule has 23 heavy (non-hydrogen) atoms. The molecule has 4 nitrogen and oxygen atoms in total. The number of hydrogen-bond donors (Lipinski definition) is 0. The molecule has 1 aliphatic heterocycles. The van der Waals surface area contributed by atoms with Crippen LogP contribution in [0.25, 0.3) is 0 Å². The third kappa shape index (κ3) is 3.55. The molecule has 1 aromatic carbocycles. The molecule has 3 rings (SSSR count). The number of benzene rings is 1. The second-order valence-corrected chi connectivity index (χ2v) is 6.73. The van der Waals surface area contributed by atoms with E-state index in [4.69, 9.17) is 0 Å². The number of aryl methyl sites for hydroxylation is 1. The summed E-state index contributed by atoms with van der Waals surface area (Å²) in [6.45, 7) is 0.760. The van der Waals surface area contributed by atoms with Crippen LogP contribution in [-0.4, -0.2) is 32.2 Å². The Bertz CT molecular complexity index is 719. The molecule has 0 saturated carbocycles. The SMILES string of the molecule is Cn1ccnc1SC1CCCN(Cc2ccc(F)cc2F)C1=O. The quantitative estimate of drug-likeness (QED) is 0.861. The van der Waals surface area contributed by atoms with Gasteiger partial charge in [-0.05, 0) is 18.9 Å². The van der Waals surface area contributed by atoms with Crippen molar-refractivity contribution < 1.29 is 13.6 Å². The molecule has 1 unspecified atom stereocenters. The van der Waals surface area contributed by atoms with Gasteiger partial charge < -0.3 is 9.47 Å². The van der Waals surface area contributed by atoms with Crippen LogP contribution in [0.5, 0.6) is 0 Å². The number of halogens is 2. The normalized spacial score (nSPS) is 18.5. The van der Waals surface area contributed by atoms with E-state index >= 15 is 0 Å². The van der Waals surface area contributed by atoms with Crippen LogP contribution in [0.2, 0.25) is 0 Å². The molecule has 1 saturated heterocycles. The Kier molecular flexibility index (Phi) is 4.66. The number of carbonyl (C=O) groups is 1. The second-order valence-electron chi connectivity index (χ2n) is 5.56. The standard InChI is InChI=1S/C16H17F2N3OS/c1-20-8-6-19-16(20)23-14-3-2-7-21(15(14)22)10-11-4-5-12(17)9-13(11)18/h4-6,8-9,14H,2-3,7,10H2,1H3. The Morgan fingerprint density at radius 3 is 2.91 bits per heavy atom. The highest BCUT2D eigenvalue weighted by molar-refractivity contribution is 8.00. The van der Waals surface area contributed by atoms with E-state index < -0.39 is 11.6 Å². The van der Waals surface area contributed by atoms with Crippen molar-refractivity contribution in [2.45, 2.75) is 29.8 Å². The molecule has 0 aliphatic carbocycles. The van der Waals surface area contributed by atoms with E-state index in [-0.39, 0.29) is 17.7 Å². The van der Waals surface area contributed by atoms with Crippen LogP contribution >= 0.6 is 11.8 Å². The van der Waals surface area contributed by atoms with Crippen molar-refractivity contribution in [2.24, 2.45) is 7.05 Å². The summed E-state index contributed by atoms with van der Waals surface area (Å²) in [6, 6.07) is 3.46. The molecule has 2 aromatic rings. The van der Waals surface area contributed by atoms with Crippen molar-refractivity contribution in [3.05, 3.63) is 47.8 Å². The summed E-state index contributed by atoms with van der Waals surface area (Å²) in [5.41, 5.74) is 0.336. The van der Waals surface area contributed by atoms with Gasteiger partial charge in [0.1, 0.15) is 11.6 Å². The second kappa shape index (κ2) is 6.70. The fraction of sp³-hybridized carbons (Fsp3) is 0.375. The summed E-state index contributed by atoms with van der Waals surface area (Å²) >= 11 is 1.43. The zero-order valence-corrected chi connectivity index (χ0v) is 13.5. The first-order valence-electron chi connectivity index (χ1n) is 7.41. The maximum absolute atomic E-state index is 13.8. The summed E-state index contributed by atoms with van der Waals surface area (Å²) in [5, 5.41) is 0.575. The van der Waals surface area contributed by atoms with Gasteiger partial charge in [-0.25, -0.2) is 13.8 Å². The zero-order chi connectivity index (χ0) is 16.4. The lowest BCUT2D eigenvalue weighted by Crippen LogP contribution is -2.42. The fourth-order valence-corrected chi connectivity index (χ4v) is 3.76. The molecular weight excluding hydrogens is 320 g/mol. The van der Waals surface area contributed by atoms with Gasteiger partial charge in [-0.2, -0.15) is 0 Å². The number of amides is 1. The largest absolute Gasteiger partial charge is 0.337 e. The van der Waals surface area contributed by atoms with Crippen LogP contribution < -0.4 is 0 Å². The molecule has 0 bridgehead atoms. The Hall–Kier alpha value is -1.89. The van der Waals surface area contributed by atoms with E-state index in [1.807, 2.05) is 17.8 Å². The minimum absolute atomic E-state index is 0.0204. The average molecular weight is 337 g/mol. The molecular formula is C16H17F2N3OS. The number of rotatable bonds is 4. The molecule has 2 heterocycles. The lowest BCUT2D eigenvalue weighted by atomic mass is 10.1. The molecule has 1 fully saturated rings. The summed E-state index contributed by atoms with van der Waals surface area (Å²) in [5.74, 6) is -1.25. The maximum atomic E-state index is 13.8. The van der Waals surface area contributed by atoms with E-state index in [0.29, 0.717) is 12.1 Å². The number of piperidine rings is 1. The molecule has 7 heteroatoms. The lowest BCUT2D eigenvalue weighted by molar-refractivity contribution is -0.133. The van der Waals surface area contributed by atoms with Gasteiger partial charge in [0.2, 0.25) is 5.91 Å². The Balaban J connectivity index is 1.71. The molecule has 0 radical (unpaired) electrons. The molecule has 1 aromatic heterocycles. The van der Waals surface area contributed by atoms with Crippen LogP contribution in [0.3, 0.4) is 0 Å². The van der Waals surface area contributed by atoms with Crippen molar-refractivity contribution in [3.8, 4) is 0 Å². The Morgan fingerprint density at radius 2 is 2.22 bits per heavy atom. The molecule has 0 spiro atoms. The van der Waals surface area contributed by atoms with Gasteiger partial charge >= 0.3 is 0 Å². The third-order valence-corrected chi connectivity index (χ3v) is 5.21. The Morgan fingerprint density at radius 1 is 1.39 bits per heavy atom. The lowest BCUT2D eigenvalue weighted by Gasteiger charge is -2.32. The highest BCUT2D eigenvalue weighted by atomic mass is 32.2. The first-order valence-corrected chi connectivity index (χ1v) is 8.29. The Labute approximate surface area is 137 Å². The van der Waals surface area contributed by atoms with Crippen LogP contribution in [-0.2, 0) is 18.4 Å². The molecule has 122 valence electrons. The minimum Gasteiger partial charge on any atom is -0.337 e. The van der Waals surface area contributed by atoms with Gasteiger partial charge in [0, 0.05) is 44.2 Å². The topological polar surface area (TPSA) is 38.1 Å². The average Bonchev–Trinajstić information content (AvgIpc) is 2.91. The van der Waals surface area contributed by atoms with E-state index in [2.05, 4.69) is 4.98 Å². The van der Waals surface area contributed by atoms with E-state index in [1.54, 1.807) is 11.1 Å². The van der Waals surface area contributed by atoms with Crippen molar-refractivity contribution in [2.75, 3.05) is 6.54 Å². The maximum Gasteiger partial charge on any atom is 0.236 e. The number of thioether (sulfide) groups is 1. The monoisotopic (exact) mass is 337 g/mol. The van der Waals surface area contributed by atoms with E-state index in [1.165, 1.54) is 23.9 Å². The molecule has 0 N–H and O–H groups in total. The van der Waals surface area contributed by atoms with Crippen molar-refractivity contribution in [1.29, 1.82) is 0 Å². The number of imidazole rings is 1. The molecule has 1 amide bonds. The highest BCUT2D eigenvalue weighted by Gasteiger charge is 2.30. The third-order valence-electron chi connectivity index (χ3n) is 3.88. The van der Waals surface area contributed by atoms with Crippen LogP contribution in [0.1, 0.15) is 18.4 Å². The van der Waals surface area contributed by atoms with Crippen LogP contribution in [0.4, 0.5) is 8.78 Å². The number of hydrogen-bond acceptors (Lipinski definition) is 3. The van der Waals surface area contributed by atoms with Gasteiger partial charge in [-0.1, -0.05) is 17.8 Å². The highest BCUT2D eigenvalue weighted by Crippen LogP contribution is 2.30. The summed E-state index contributed by atoms with van der Waals surface area (Å²) in [4.78, 5) is 18.5. The fourth-order valence-electron chi connectivity index (χ4n) is 2.62. The van der Waals surface area contributed by atoms with Gasteiger partial charge in [0.05, 0.1) is 5.25 Å². The van der Waals surface area contributed by atoms with Gasteiger partial charge in [-0.3, -0.25) is 4.79 Å². The first kappa shape index (κ1) is 16.0. The van der Waals surface area contributed by atoms with Crippen LogP contribution in [0, 0.1) is 11.6 Å². The van der Waals surface area contributed by atoms with Crippen LogP contribution in [0.15, 0.2) is 35.7 Å². The molecule has 1 aliphatic rings. The van der Waals surface area contributed by atoms with Crippen molar-refractivity contribution in [3.63, 3.8) is 0 Å². The summed E-state index contributed by atoms with van der Waals surface area (Å²) in [7, 11) is 1.88. The summed E-state index contributed by atoms with van der Waals surface area (Å²) < 4.78 is 28.6. The summed E-state index contributed by atoms with van der Waals surface area (Å²) in [6.07, 6.45) is 5.16. The number of likely N-dealkylation sites (tertiary alicyclic amines) is 1. The smallest absolute Gasteiger partial charge is 0.236 e. The number of aromatic nitrogens is 2. The van der Waals surface area contributed by atoms with Crippen molar-refractivity contribution in [1.82, 2.24) is 14.5 Å². The predicted molar refractivity (Wildman–Crippen MR) is 83.9 cm³/mol. The predicted octanol–water partition coefficient (Wildman–Crippen LogP) is 2.98. The number of nitrogens with zero attached hydrogens (tertiary/aromatic N) is 3.